The molecule has 1 rings (SSSR count). The van der Waals surface area contributed by atoms with E-state index < -0.39 is 0 Å². The lowest BCUT2D eigenvalue weighted by atomic mass is 9.92. The second-order valence-electron chi connectivity index (χ2n) is 4.66. The first kappa shape index (κ1) is 13.9. The molecular formula is C12H26N2O2. The van der Waals surface area contributed by atoms with Crippen LogP contribution in [0.25, 0.3) is 0 Å². The number of nitrogens with zero attached hydrogens (tertiary/aromatic N) is 1. The number of hydrogen-bond donors (Lipinski definition) is 1. The summed E-state index contributed by atoms with van der Waals surface area (Å²) in [6.07, 6.45) is 2.52. The first-order chi connectivity index (χ1) is 7.77. The fraction of sp³-hybridized carbons (Fsp3) is 1.00. The van der Waals surface area contributed by atoms with Crippen molar-refractivity contribution < 1.29 is 9.47 Å². The molecule has 0 bridgehead atoms. The standard InChI is InChI=1S/C12H26N2O2/c1-11-3-4-14(12(9-11)10-13)5-6-16-8-7-15-2/h11-12H,3-10,13H2,1-2H3. The van der Waals surface area contributed by atoms with Crippen molar-refractivity contribution in [3.05, 3.63) is 0 Å². The summed E-state index contributed by atoms with van der Waals surface area (Å²) in [4.78, 5) is 2.47. The minimum absolute atomic E-state index is 0.551. The average molecular weight is 230 g/mol. The van der Waals surface area contributed by atoms with Gasteiger partial charge in [-0.25, -0.2) is 0 Å². The largest absolute Gasteiger partial charge is 0.382 e. The highest BCUT2D eigenvalue weighted by molar-refractivity contribution is 4.80. The number of hydrogen-bond acceptors (Lipinski definition) is 4. The fourth-order valence-corrected chi connectivity index (χ4v) is 2.27. The van der Waals surface area contributed by atoms with E-state index in [-0.39, 0.29) is 0 Å². The normalized spacial score (nSPS) is 27.2. The number of methoxy groups -OCH3 is 1. The van der Waals surface area contributed by atoms with Crippen LogP contribution in [0.3, 0.4) is 0 Å². The van der Waals surface area contributed by atoms with Crippen LogP contribution in [0.2, 0.25) is 0 Å². The number of ether oxygens (including phenoxy) is 2. The zero-order valence-corrected chi connectivity index (χ0v) is 10.7. The molecule has 2 unspecified atom stereocenters. The van der Waals surface area contributed by atoms with E-state index in [0.717, 1.165) is 32.2 Å². The Morgan fingerprint density at radius 3 is 2.81 bits per heavy atom. The van der Waals surface area contributed by atoms with Crippen molar-refractivity contribution in [3.63, 3.8) is 0 Å². The molecule has 4 heteroatoms. The molecule has 1 fully saturated rings. The van der Waals surface area contributed by atoms with Crippen LogP contribution in [-0.4, -0.2) is 57.5 Å². The SMILES string of the molecule is COCCOCCN1CCC(C)CC1CN. The Morgan fingerprint density at radius 1 is 1.31 bits per heavy atom. The first-order valence-electron chi connectivity index (χ1n) is 6.28. The third kappa shape index (κ3) is 4.78. The molecule has 0 aliphatic carbocycles. The smallest absolute Gasteiger partial charge is 0.0700 e. The molecule has 0 spiro atoms. The third-order valence-electron chi connectivity index (χ3n) is 3.33. The fourth-order valence-electron chi connectivity index (χ4n) is 2.27. The monoisotopic (exact) mass is 230 g/mol. The van der Waals surface area contributed by atoms with Crippen LogP contribution in [0, 0.1) is 5.92 Å². The number of likely N-dealkylation sites (tertiary alicyclic amines) is 1. The van der Waals surface area contributed by atoms with Crippen LogP contribution in [0.4, 0.5) is 0 Å². The molecule has 2 N–H and O–H groups in total. The minimum Gasteiger partial charge on any atom is -0.382 e. The lowest BCUT2D eigenvalue weighted by Gasteiger charge is -2.37. The number of rotatable bonds is 7. The van der Waals surface area contributed by atoms with Crippen molar-refractivity contribution in [1.82, 2.24) is 4.90 Å². The van der Waals surface area contributed by atoms with Gasteiger partial charge in [-0.15, -0.1) is 0 Å². The van der Waals surface area contributed by atoms with E-state index in [1.54, 1.807) is 7.11 Å². The van der Waals surface area contributed by atoms with E-state index in [0.29, 0.717) is 19.3 Å². The van der Waals surface area contributed by atoms with Gasteiger partial charge in [0.05, 0.1) is 19.8 Å². The van der Waals surface area contributed by atoms with Gasteiger partial charge in [0.15, 0.2) is 0 Å². The van der Waals surface area contributed by atoms with Crippen molar-refractivity contribution in [2.45, 2.75) is 25.8 Å². The van der Waals surface area contributed by atoms with Gasteiger partial charge in [-0.2, -0.15) is 0 Å². The van der Waals surface area contributed by atoms with Gasteiger partial charge < -0.3 is 15.2 Å². The summed E-state index contributed by atoms with van der Waals surface area (Å²) < 4.78 is 10.4. The quantitative estimate of drug-likeness (QED) is 0.654. The summed E-state index contributed by atoms with van der Waals surface area (Å²) in [6, 6.07) is 0.551. The maximum atomic E-state index is 5.81. The summed E-state index contributed by atoms with van der Waals surface area (Å²) in [5.74, 6) is 0.819. The van der Waals surface area contributed by atoms with Crippen molar-refractivity contribution >= 4 is 0 Å². The van der Waals surface area contributed by atoms with Crippen molar-refractivity contribution in [2.75, 3.05) is 46.6 Å². The van der Waals surface area contributed by atoms with Gasteiger partial charge in [0.25, 0.3) is 0 Å². The Labute approximate surface area is 99.1 Å². The Morgan fingerprint density at radius 2 is 2.12 bits per heavy atom. The van der Waals surface area contributed by atoms with Crippen LogP contribution < -0.4 is 5.73 Å². The molecule has 0 amide bonds. The second kappa shape index (κ2) is 8.01. The molecule has 1 aliphatic heterocycles. The molecule has 0 aromatic heterocycles. The third-order valence-corrected chi connectivity index (χ3v) is 3.33. The van der Waals surface area contributed by atoms with Gasteiger partial charge in [-0.1, -0.05) is 6.92 Å². The molecule has 0 radical (unpaired) electrons. The van der Waals surface area contributed by atoms with Gasteiger partial charge in [-0.05, 0) is 25.3 Å². The molecule has 0 saturated carbocycles. The molecule has 0 aromatic carbocycles. The second-order valence-corrected chi connectivity index (χ2v) is 4.66. The van der Waals surface area contributed by atoms with E-state index in [2.05, 4.69) is 11.8 Å². The molecule has 1 heterocycles. The molecule has 0 aromatic rings. The number of nitrogens with two attached hydrogens (primary N) is 1. The predicted octanol–water partition coefficient (Wildman–Crippen LogP) is 0.709. The van der Waals surface area contributed by atoms with E-state index in [1.165, 1.54) is 12.8 Å². The van der Waals surface area contributed by atoms with Gasteiger partial charge in [0.1, 0.15) is 0 Å². The van der Waals surface area contributed by atoms with Crippen molar-refractivity contribution in [2.24, 2.45) is 11.7 Å². The summed E-state index contributed by atoms with van der Waals surface area (Å²) >= 11 is 0. The van der Waals surface area contributed by atoms with Crippen LogP contribution in [0.5, 0.6) is 0 Å². The summed E-state index contributed by atoms with van der Waals surface area (Å²) in [6.45, 7) is 7.39. The first-order valence-corrected chi connectivity index (χ1v) is 6.28. The van der Waals surface area contributed by atoms with E-state index in [4.69, 9.17) is 15.2 Å². The van der Waals surface area contributed by atoms with Crippen LogP contribution in [0.15, 0.2) is 0 Å². The number of piperidine rings is 1. The van der Waals surface area contributed by atoms with Crippen LogP contribution in [0.1, 0.15) is 19.8 Å². The van der Waals surface area contributed by atoms with Crippen LogP contribution >= 0.6 is 0 Å². The highest BCUT2D eigenvalue weighted by Crippen LogP contribution is 2.21. The predicted molar refractivity (Wildman–Crippen MR) is 65.5 cm³/mol. The molecule has 16 heavy (non-hydrogen) atoms. The van der Waals surface area contributed by atoms with Crippen molar-refractivity contribution in [1.29, 1.82) is 0 Å². The summed E-state index contributed by atoms with van der Waals surface area (Å²) in [5, 5.41) is 0. The van der Waals surface area contributed by atoms with Crippen LogP contribution in [-0.2, 0) is 9.47 Å². The highest BCUT2D eigenvalue weighted by Gasteiger charge is 2.24. The van der Waals surface area contributed by atoms with E-state index >= 15 is 0 Å². The zero-order valence-electron chi connectivity index (χ0n) is 10.7. The molecular weight excluding hydrogens is 204 g/mol. The van der Waals surface area contributed by atoms with Gasteiger partial charge >= 0.3 is 0 Å². The molecule has 4 nitrogen and oxygen atoms in total. The Balaban J connectivity index is 2.14. The molecule has 2 atom stereocenters. The maximum absolute atomic E-state index is 5.81. The van der Waals surface area contributed by atoms with Gasteiger partial charge in [-0.3, -0.25) is 4.90 Å². The Bertz CT molecular complexity index is 178. The molecule has 1 aliphatic rings. The van der Waals surface area contributed by atoms with Gasteiger partial charge in [0.2, 0.25) is 0 Å². The van der Waals surface area contributed by atoms with Crippen molar-refractivity contribution in [3.8, 4) is 0 Å². The topological polar surface area (TPSA) is 47.7 Å². The molecule has 1 saturated heterocycles. The summed E-state index contributed by atoms with van der Waals surface area (Å²) in [5.41, 5.74) is 5.81. The van der Waals surface area contributed by atoms with E-state index in [1.807, 2.05) is 0 Å². The van der Waals surface area contributed by atoms with E-state index in [9.17, 15) is 0 Å². The Hall–Kier alpha value is -0.160. The van der Waals surface area contributed by atoms with Gasteiger partial charge in [0, 0.05) is 26.2 Å². The minimum atomic E-state index is 0.551. The highest BCUT2D eigenvalue weighted by atomic mass is 16.5. The zero-order chi connectivity index (χ0) is 11.8. The molecule has 96 valence electrons. The lowest BCUT2D eigenvalue weighted by molar-refractivity contribution is 0.0380. The Kier molecular flexibility index (Phi) is 6.96. The summed E-state index contributed by atoms with van der Waals surface area (Å²) in [7, 11) is 1.69. The average Bonchev–Trinajstić information content (AvgIpc) is 2.30. The lowest BCUT2D eigenvalue weighted by Crippen LogP contribution is -2.47. The maximum Gasteiger partial charge on any atom is 0.0700 e.